The number of hydrogen-bond acceptors (Lipinski definition) is 6. The monoisotopic (exact) mass is 395 g/mol. The number of esters is 1. The highest BCUT2D eigenvalue weighted by Gasteiger charge is 2.18. The van der Waals surface area contributed by atoms with Gasteiger partial charge < -0.3 is 19.4 Å². The molecule has 0 aliphatic heterocycles. The minimum Gasteiger partial charge on any atom is -0.492 e. The van der Waals surface area contributed by atoms with Crippen LogP contribution in [0.1, 0.15) is 23.0 Å². The molecule has 0 saturated carbocycles. The summed E-state index contributed by atoms with van der Waals surface area (Å²) < 4.78 is 11.7. The molecule has 1 aromatic carbocycles. The third-order valence-corrected chi connectivity index (χ3v) is 4.24. The first-order valence-electron chi connectivity index (χ1n) is 9.05. The van der Waals surface area contributed by atoms with E-state index in [1.165, 1.54) is 17.9 Å². The van der Waals surface area contributed by atoms with E-state index in [9.17, 15) is 14.4 Å². The summed E-state index contributed by atoms with van der Waals surface area (Å²) in [7, 11) is 1.20. The van der Waals surface area contributed by atoms with Crippen LogP contribution in [0.4, 0.5) is 5.69 Å². The SMILES string of the molecule is CCOc1ccccc1NC(=O)Cn1cc(C(=O)OC)c(=O)c2ccc(C)nc21. The molecule has 150 valence electrons. The van der Waals surface area contributed by atoms with Crippen molar-refractivity contribution in [2.45, 2.75) is 20.4 Å². The maximum absolute atomic E-state index is 12.7. The van der Waals surface area contributed by atoms with E-state index in [0.29, 0.717) is 29.4 Å². The van der Waals surface area contributed by atoms with Gasteiger partial charge in [0.1, 0.15) is 23.5 Å². The van der Waals surface area contributed by atoms with E-state index < -0.39 is 11.4 Å². The lowest BCUT2D eigenvalue weighted by molar-refractivity contribution is -0.116. The first-order valence-corrected chi connectivity index (χ1v) is 9.05. The van der Waals surface area contributed by atoms with Gasteiger partial charge in [-0.1, -0.05) is 12.1 Å². The lowest BCUT2D eigenvalue weighted by atomic mass is 10.2. The standard InChI is InChI=1S/C21H21N3O5/c1-4-29-17-8-6-5-7-16(17)23-18(25)12-24-11-15(21(27)28-3)19(26)14-10-9-13(2)22-20(14)24/h5-11H,4,12H2,1-3H3,(H,23,25). The highest BCUT2D eigenvalue weighted by molar-refractivity contribution is 5.95. The number of nitrogens with zero attached hydrogens (tertiary/aromatic N) is 2. The number of rotatable bonds is 6. The maximum Gasteiger partial charge on any atom is 0.343 e. The van der Waals surface area contributed by atoms with Crippen molar-refractivity contribution in [1.29, 1.82) is 0 Å². The van der Waals surface area contributed by atoms with Gasteiger partial charge in [0.25, 0.3) is 0 Å². The molecule has 0 aliphatic rings. The number of benzene rings is 1. The number of aryl methyl sites for hydroxylation is 1. The fourth-order valence-corrected chi connectivity index (χ4v) is 2.93. The number of methoxy groups -OCH3 is 1. The molecular formula is C21H21N3O5. The lowest BCUT2D eigenvalue weighted by Crippen LogP contribution is -2.25. The number of para-hydroxylation sites is 2. The van der Waals surface area contributed by atoms with Gasteiger partial charge in [0, 0.05) is 11.9 Å². The molecule has 1 amide bonds. The summed E-state index contributed by atoms with van der Waals surface area (Å²) in [6, 6.07) is 10.3. The molecule has 0 saturated heterocycles. The van der Waals surface area contributed by atoms with Crippen molar-refractivity contribution in [2.75, 3.05) is 19.0 Å². The normalized spacial score (nSPS) is 10.6. The summed E-state index contributed by atoms with van der Waals surface area (Å²) >= 11 is 0. The Hall–Kier alpha value is -3.68. The number of nitrogens with one attached hydrogen (secondary N) is 1. The fourth-order valence-electron chi connectivity index (χ4n) is 2.93. The molecule has 0 atom stereocenters. The summed E-state index contributed by atoms with van der Waals surface area (Å²) in [5.41, 5.74) is 0.877. The molecule has 8 nitrogen and oxygen atoms in total. The number of pyridine rings is 2. The topological polar surface area (TPSA) is 99.5 Å². The lowest BCUT2D eigenvalue weighted by Gasteiger charge is -2.14. The first kappa shape index (κ1) is 20.1. The molecule has 29 heavy (non-hydrogen) atoms. The molecule has 3 rings (SSSR count). The van der Waals surface area contributed by atoms with Crippen LogP contribution in [-0.4, -0.2) is 35.1 Å². The second-order valence-electron chi connectivity index (χ2n) is 6.29. The average molecular weight is 395 g/mol. The third kappa shape index (κ3) is 4.26. The maximum atomic E-state index is 12.7. The van der Waals surface area contributed by atoms with Crippen molar-refractivity contribution in [3.8, 4) is 5.75 Å². The number of fused-ring (bicyclic) bond motifs is 1. The van der Waals surface area contributed by atoms with E-state index in [0.717, 1.165) is 0 Å². The zero-order valence-electron chi connectivity index (χ0n) is 16.4. The van der Waals surface area contributed by atoms with Gasteiger partial charge in [-0.15, -0.1) is 0 Å². The molecule has 3 aromatic rings. The molecule has 0 radical (unpaired) electrons. The second kappa shape index (κ2) is 8.55. The summed E-state index contributed by atoms with van der Waals surface area (Å²) in [6.07, 6.45) is 1.30. The van der Waals surface area contributed by atoms with Crippen LogP contribution in [0.25, 0.3) is 11.0 Å². The van der Waals surface area contributed by atoms with Crippen LogP contribution >= 0.6 is 0 Å². The Morgan fingerprint density at radius 2 is 1.93 bits per heavy atom. The Balaban J connectivity index is 2.00. The van der Waals surface area contributed by atoms with Gasteiger partial charge in [-0.05, 0) is 38.1 Å². The summed E-state index contributed by atoms with van der Waals surface area (Å²) in [5.74, 6) is -0.577. The van der Waals surface area contributed by atoms with Crippen LogP contribution in [0.3, 0.4) is 0 Å². The molecule has 2 heterocycles. The van der Waals surface area contributed by atoms with Gasteiger partial charge in [-0.25, -0.2) is 9.78 Å². The van der Waals surface area contributed by atoms with Crippen LogP contribution in [-0.2, 0) is 16.1 Å². The van der Waals surface area contributed by atoms with E-state index in [2.05, 4.69) is 10.3 Å². The van der Waals surface area contributed by atoms with Gasteiger partial charge >= 0.3 is 5.97 Å². The molecule has 8 heteroatoms. The Bertz CT molecular complexity index is 1140. The zero-order valence-corrected chi connectivity index (χ0v) is 16.4. The van der Waals surface area contributed by atoms with Gasteiger partial charge in [0.05, 0.1) is 24.8 Å². The van der Waals surface area contributed by atoms with Crippen molar-refractivity contribution in [3.63, 3.8) is 0 Å². The van der Waals surface area contributed by atoms with Crippen molar-refractivity contribution in [2.24, 2.45) is 0 Å². The number of amides is 1. The van der Waals surface area contributed by atoms with Crippen molar-refractivity contribution >= 4 is 28.6 Å². The van der Waals surface area contributed by atoms with Crippen LogP contribution in [0.5, 0.6) is 5.75 Å². The number of ether oxygens (including phenoxy) is 2. The molecule has 0 bridgehead atoms. The smallest absolute Gasteiger partial charge is 0.343 e. The van der Waals surface area contributed by atoms with Crippen molar-refractivity contribution in [1.82, 2.24) is 9.55 Å². The molecule has 0 unspecified atom stereocenters. The van der Waals surface area contributed by atoms with E-state index in [4.69, 9.17) is 9.47 Å². The van der Waals surface area contributed by atoms with Crippen LogP contribution in [0, 0.1) is 6.92 Å². The number of aromatic nitrogens is 2. The minimum atomic E-state index is -0.770. The Labute approximate surface area is 167 Å². The van der Waals surface area contributed by atoms with E-state index in [1.807, 2.05) is 13.0 Å². The van der Waals surface area contributed by atoms with Crippen LogP contribution < -0.4 is 15.5 Å². The van der Waals surface area contributed by atoms with E-state index in [1.54, 1.807) is 37.3 Å². The van der Waals surface area contributed by atoms with E-state index >= 15 is 0 Å². The predicted octanol–water partition coefficient (Wildman–Crippen LogP) is 2.53. The first-order chi connectivity index (χ1) is 13.9. The molecule has 1 N–H and O–H groups in total. The van der Waals surface area contributed by atoms with Gasteiger partial charge in [0.2, 0.25) is 11.3 Å². The van der Waals surface area contributed by atoms with E-state index in [-0.39, 0.29) is 23.4 Å². The van der Waals surface area contributed by atoms with Gasteiger partial charge in [-0.3, -0.25) is 9.59 Å². The quantitative estimate of drug-likeness (QED) is 0.644. The van der Waals surface area contributed by atoms with Crippen molar-refractivity contribution < 1.29 is 19.1 Å². The highest BCUT2D eigenvalue weighted by Crippen LogP contribution is 2.23. The molecular weight excluding hydrogens is 374 g/mol. The third-order valence-electron chi connectivity index (χ3n) is 4.24. The fraction of sp³-hybridized carbons (Fsp3) is 0.238. The Morgan fingerprint density at radius 3 is 2.66 bits per heavy atom. The minimum absolute atomic E-state index is 0.155. The summed E-state index contributed by atoms with van der Waals surface area (Å²) in [4.78, 5) is 41.7. The molecule has 0 aliphatic carbocycles. The van der Waals surface area contributed by atoms with Crippen LogP contribution in [0.2, 0.25) is 0 Å². The molecule has 0 spiro atoms. The average Bonchev–Trinajstić information content (AvgIpc) is 2.71. The van der Waals surface area contributed by atoms with Gasteiger partial charge in [0.15, 0.2) is 0 Å². The highest BCUT2D eigenvalue weighted by atomic mass is 16.5. The van der Waals surface area contributed by atoms with Crippen molar-refractivity contribution in [3.05, 3.63) is 64.1 Å². The number of carbonyl (C=O) groups excluding carboxylic acids is 2. The largest absolute Gasteiger partial charge is 0.492 e. The predicted molar refractivity (Wildman–Crippen MR) is 108 cm³/mol. The number of hydrogen-bond donors (Lipinski definition) is 1. The number of carbonyl (C=O) groups is 2. The van der Waals surface area contributed by atoms with Crippen LogP contribution in [0.15, 0.2) is 47.4 Å². The Kier molecular flexibility index (Phi) is 5.92. The molecule has 0 fully saturated rings. The summed E-state index contributed by atoms with van der Waals surface area (Å²) in [6.45, 7) is 3.94. The Morgan fingerprint density at radius 1 is 1.17 bits per heavy atom. The summed E-state index contributed by atoms with van der Waals surface area (Å²) in [5, 5.41) is 3.03. The second-order valence-corrected chi connectivity index (χ2v) is 6.29. The molecule has 2 aromatic heterocycles. The van der Waals surface area contributed by atoms with Gasteiger partial charge in [-0.2, -0.15) is 0 Å². The zero-order chi connectivity index (χ0) is 21.0. The number of anilines is 1.